The van der Waals surface area contributed by atoms with Gasteiger partial charge in [0.1, 0.15) is 11.8 Å². The number of aliphatic hydroxyl groups is 1. The van der Waals surface area contributed by atoms with Gasteiger partial charge < -0.3 is 36.1 Å². The van der Waals surface area contributed by atoms with Crippen molar-refractivity contribution in [3.63, 3.8) is 0 Å². The molecular formula is C26H47N3O6. The summed E-state index contributed by atoms with van der Waals surface area (Å²) in [5.74, 6) is 0.173. The number of carbonyl (C=O) groups is 2. The van der Waals surface area contributed by atoms with Crippen molar-refractivity contribution in [3.05, 3.63) is 29.3 Å². The molecular weight excluding hydrogens is 450 g/mol. The van der Waals surface area contributed by atoms with Gasteiger partial charge in [0.25, 0.3) is 0 Å². The Labute approximate surface area is 210 Å². The Morgan fingerprint density at radius 3 is 2.46 bits per heavy atom. The lowest BCUT2D eigenvalue weighted by molar-refractivity contribution is -0.128. The third-order valence-electron chi connectivity index (χ3n) is 5.42. The second kappa shape index (κ2) is 20.0. The molecule has 0 aromatic heterocycles. The molecule has 6 N–H and O–H groups in total. The summed E-state index contributed by atoms with van der Waals surface area (Å²) in [5, 5.41) is 10.3. The fraction of sp³-hybridized carbons (Fsp3) is 0.692. The van der Waals surface area contributed by atoms with Crippen LogP contribution in [0.5, 0.6) is 5.75 Å². The van der Waals surface area contributed by atoms with Gasteiger partial charge in [-0.2, -0.15) is 0 Å². The van der Waals surface area contributed by atoms with Crippen LogP contribution in [-0.4, -0.2) is 62.5 Å². The van der Waals surface area contributed by atoms with Gasteiger partial charge in [0.15, 0.2) is 0 Å². The molecule has 0 aliphatic carbocycles. The Morgan fingerprint density at radius 1 is 1.17 bits per heavy atom. The maximum absolute atomic E-state index is 12.1. The molecule has 1 aromatic rings. The number of amides is 2. The van der Waals surface area contributed by atoms with Gasteiger partial charge in [-0.3, -0.25) is 9.59 Å². The molecule has 0 aliphatic heterocycles. The van der Waals surface area contributed by atoms with E-state index in [0.717, 1.165) is 29.7 Å². The second-order valence-corrected chi connectivity index (χ2v) is 8.61. The van der Waals surface area contributed by atoms with Crippen molar-refractivity contribution in [1.82, 2.24) is 5.32 Å². The Bertz CT molecular complexity index is 716. The second-order valence-electron chi connectivity index (χ2n) is 8.61. The Kier molecular flexibility index (Phi) is 18.8. The average molecular weight is 498 g/mol. The highest BCUT2D eigenvalue weighted by molar-refractivity contribution is 5.86. The molecule has 0 aliphatic rings. The molecule has 0 radical (unpaired) electrons. The number of nitrogens with two attached hydrogens (primary N) is 2. The fourth-order valence-corrected chi connectivity index (χ4v) is 3.19. The zero-order valence-electron chi connectivity index (χ0n) is 22.2. The minimum absolute atomic E-state index is 0.00477. The molecule has 3 unspecified atom stereocenters. The number of hydrogen-bond donors (Lipinski definition) is 4. The molecule has 3 atom stereocenters. The van der Waals surface area contributed by atoms with Crippen LogP contribution in [0.2, 0.25) is 0 Å². The smallest absolute Gasteiger partial charge is 0.240 e. The summed E-state index contributed by atoms with van der Waals surface area (Å²) in [6.45, 7) is 9.91. The first-order valence-corrected chi connectivity index (χ1v) is 12.4. The number of primary amides is 1. The van der Waals surface area contributed by atoms with Crippen LogP contribution in [0.1, 0.15) is 64.0 Å². The lowest BCUT2D eigenvalue weighted by atomic mass is 9.98. The zero-order valence-corrected chi connectivity index (χ0v) is 22.2. The molecule has 2 amide bonds. The van der Waals surface area contributed by atoms with Gasteiger partial charge in [-0.25, -0.2) is 0 Å². The quantitative estimate of drug-likeness (QED) is 0.242. The van der Waals surface area contributed by atoms with Gasteiger partial charge in [0.05, 0.1) is 19.8 Å². The van der Waals surface area contributed by atoms with E-state index in [1.54, 1.807) is 14.0 Å². The Morgan fingerprint density at radius 2 is 1.86 bits per heavy atom. The normalized spacial score (nSPS) is 13.2. The van der Waals surface area contributed by atoms with Crippen LogP contribution in [0.4, 0.5) is 0 Å². The highest BCUT2D eigenvalue weighted by Crippen LogP contribution is 2.20. The van der Waals surface area contributed by atoms with Crippen molar-refractivity contribution in [1.29, 1.82) is 0 Å². The maximum Gasteiger partial charge on any atom is 0.240 e. The van der Waals surface area contributed by atoms with E-state index in [0.29, 0.717) is 45.7 Å². The molecule has 202 valence electrons. The van der Waals surface area contributed by atoms with Crippen molar-refractivity contribution < 1.29 is 28.9 Å². The number of carbonyl (C=O) groups excluding carboxylic acids is 2. The van der Waals surface area contributed by atoms with Crippen LogP contribution in [0.15, 0.2) is 18.2 Å². The van der Waals surface area contributed by atoms with E-state index in [1.807, 2.05) is 39.0 Å². The predicted octanol–water partition coefficient (Wildman–Crippen LogP) is 2.44. The third kappa shape index (κ3) is 15.4. The molecule has 1 aromatic carbocycles. The van der Waals surface area contributed by atoms with Gasteiger partial charge in [-0.1, -0.05) is 32.4 Å². The third-order valence-corrected chi connectivity index (χ3v) is 5.42. The standard InChI is InChI=1S/C24H41N3O5.C2H6O/c1-5-17(2)23(24(26)29)27-22(28)9-6-8-20(25)16-31-15-19-11-10-18(3)21(14-19)32-13-7-12-30-4;1-2-3/h10-11,14,17,20,23H,5-9,12-13,15-16,25H2,1-4H3,(H2,26,29)(H,27,28);3H,2H2,1H3. The molecule has 0 heterocycles. The lowest BCUT2D eigenvalue weighted by Crippen LogP contribution is -2.48. The number of methoxy groups -OCH3 is 1. The number of ether oxygens (including phenoxy) is 3. The molecule has 0 fully saturated rings. The molecule has 35 heavy (non-hydrogen) atoms. The number of rotatable bonds is 17. The van der Waals surface area contributed by atoms with E-state index < -0.39 is 11.9 Å². The summed E-state index contributed by atoms with van der Waals surface area (Å²) in [6.07, 6.45) is 3.17. The lowest BCUT2D eigenvalue weighted by Gasteiger charge is -2.21. The van der Waals surface area contributed by atoms with Crippen LogP contribution in [-0.2, 0) is 25.7 Å². The highest BCUT2D eigenvalue weighted by atomic mass is 16.5. The molecule has 0 saturated carbocycles. The SMILES string of the molecule is CCC(C)C(NC(=O)CCCC(N)COCc1ccc(C)c(OCCCOC)c1)C(N)=O.CCO. The zero-order chi connectivity index (χ0) is 26.6. The van der Waals surface area contributed by atoms with Crippen molar-refractivity contribution in [2.75, 3.05) is 33.5 Å². The number of aliphatic hydroxyl groups excluding tert-OH is 1. The largest absolute Gasteiger partial charge is 0.493 e. The highest BCUT2D eigenvalue weighted by Gasteiger charge is 2.23. The first kappa shape index (κ1) is 32.8. The monoisotopic (exact) mass is 497 g/mol. The summed E-state index contributed by atoms with van der Waals surface area (Å²) in [5.41, 5.74) is 13.6. The van der Waals surface area contributed by atoms with Gasteiger partial charge in [0.2, 0.25) is 11.8 Å². The van der Waals surface area contributed by atoms with Crippen molar-refractivity contribution in [2.24, 2.45) is 17.4 Å². The van der Waals surface area contributed by atoms with Gasteiger partial charge in [-0.05, 0) is 49.8 Å². The summed E-state index contributed by atoms with van der Waals surface area (Å²) >= 11 is 0. The minimum atomic E-state index is -0.632. The molecule has 9 heteroatoms. The van der Waals surface area contributed by atoms with Crippen molar-refractivity contribution in [2.45, 2.75) is 78.5 Å². The summed E-state index contributed by atoms with van der Waals surface area (Å²) in [6, 6.07) is 5.22. The number of benzene rings is 1. The molecule has 0 bridgehead atoms. The van der Waals surface area contributed by atoms with E-state index in [4.69, 9.17) is 30.8 Å². The van der Waals surface area contributed by atoms with Crippen LogP contribution >= 0.6 is 0 Å². The van der Waals surface area contributed by atoms with Crippen molar-refractivity contribution in [3.8, 4) is 5.75 Å². The fourth-order valence-electron chi connectivity index (χ4n) is 3.19. The van der Waals surface area contributed by atoms with Crippen LogP contribution in [0.3, 0.4) is 0 Å². The number of hydrogen-bond acceptors (Lipinski definition) is 7. The van der Waals surface area contributed by atoms with Crippen LogP contribution < -0.4 is 21.5 Å². The molecule has 9 nitrogen and oxygen atoms in total. The summed E-state index contributed by atoms with van der Waals surface area (Å²) in [7, 11) is 1.68. The van der Waals surface area contributed by atoms with E-state index in [1.165, 1.54) is 0 Å². The van der Waals surface area contributed by atoms with E-state index in [-0.39, 0.29) is 24.5 Å². The van der Waals surface area contributed by atoms with E-state index in [2.05, 4.69) is 5.32 Å². The van der Waals surface area contributed by atoms with Gasteiger partial charge in [-0.15, -0.1) is 0 Å². The molecule has 0 saturated heterocycles. The number of aryl methyl sites for hydroxylation is 1. The number of nitrogens with one attached hydrogen (secondary N) is 1. The van der Waals surface area contributed by atoms with Crippen LogP contribution in [0, 0.1) is 12.8 Å². The van der Waals surface area contributed by atoms with E-state index >= 15 is 0 Å². The van der Waals surface area contributed by atoms with Crippen LogP contribution in [0.25, 0.3) is 0 Å². The average Bonchev–Trinajstić information content (AvgIpc) is 2.81. The molecule has 1 rings (SSSR count). The van der Waals surface area contributed by atoms with E-state index in [9.17, 15) is 9.59 Å². The predicted molar refractivity (Wildman–Crippen MR) is 138 cm³/mol. The van der Waals surface area contributed by atoms with Crippen molar-refractivity contribution >= 4 is 11.8 Å². The summed E-state index contributed by atoms with van der Waals surface area (Å²) in [4.78, 5) is 23.6. The van der Waals surface area contributed by atoms with Gasteiger partial charge in [0, 0.05) is 39.2 Å². The Balaban J connectivity index is 0.00000365. The molecule has 0 spiro atoms. The minimum Gasteiger partial charge on any atom is -0.493 e. The first-order chi connectivity index (χ1) is 16.7. The first-order valence-electron chi connectivity index (χ1n) is 12.4. The van der Waals surface area contributed by atoms with Gasteiger partial charge >= 0.3 is 0 Å². The summed E-state index contributed by atoms with van der Waals surface area (Å²) < 4.78 is 16.6. The maximum atomic E-state index is 12.1. The topological polar surface area (TPSA) is 146 Å². The Hall–Kier alpha value is -2.20.